The molecule has 0 saturated carbocycles. The Morgan fingerprint density at radius 1 is 1.17 bits per heavy atom. The molecule has 7 nitrogen and oxygen atoms in total. The van der Waals surface area contributed by atoms with Gasteiger partial charge >= 0.3 is 0 Å². The predicted octanol–water partition coefficient (Wildman–Crippen LogP) is 4.65. The number of fused-ring (bicyclic) bond motifs is 1. The largest absolute Gasteiger partial charge is 0.491 e. The van der Waals surface area contributed by atoms with Crippen LogP contribution in [0.25, 0.3) is 17.0 Å². The molecule has 1 aromatic carbocycles. The first-order valence-corrected chi connectivity index (χ1v) is 9.36. The number of ether oxygens (including phenoxy) is 1. The highest BCUT2D eigenvalue weighted by atomic mass is 35.5. The molecule has 3 rings (SSSR count). The van der Waals surface area contributed by atoms with Crippen molar-refractivity contribution in [2.24, 2.45) is 0 Å². The Morgan fingerprint density at radius 3 is 2.48 bits per heavy atom. The number of carbonyl (C=O) groups is 1. The normalized spacial score (nSPS) is 12.0. The smallest absolute Gasteiger partial charge is 0.290 e. The molecule has 1 amide bonds. The number of methoxy groups -OCH3 is 1. The third-order valence-corrected chi connectivity index (χ3v) is 4.90. The highest BCUT2D eigenvalue weighted by molar-refractivity contribution is 6.42. The number of carbonyl (C=O) groups excluding carboxylic acids is 1. The molecule has 0 fully saturated rings. The Bertz CT molecular complexity index is 1090. The van der Waals surface area contributed by atoms with Crippen LogP contribution in [0.4, 0.5) is 11.6 Å². The quantitative estimate of drug-likeness (QED) is 0.309. The first kappa shape index (κ1) is 20.7. The third kappa shape index (κ3) is 4.70. The molecule has 0 aliphatic heterocycles. The van der Waals surface area contributed by atoms with E-state index in [1.807, 2.05) is 6.07 Å². The van der Waals surface area contributed by atoms with E-state index in [-0.39, 0.29) is 11.7 Å². The van der Waals surface area contributed by atoms with Gasteiger partial charge in [0.25, 0.3) is 5.91 Å². The van der Waals surface area contributed by atoms with Crippen LogP contribution in [0.2, 0.25) is 10.0 Å². The Kier molecular flexibility index (Phi) is 6.10. The molecule has 2 heterocycles. The zero-order valence-corrected chi connectivity index (χ0v) is 17.5. The second-order valence-corrected chi connectivity index (χ2v) is 7.07. The molecule has 0 saturated heterocycles. The van der Waals surface area contributed by atoms with E-state index in [1.165, 1.54) is 7.11 Å². The summed E-state index contributed by atoms with van der Waals surface area (Å²) in [6.07, 6.45) is 5.06. The van der Waals surface area contributed by atoms with Crippen LogP contribution in [-0.2, 0) is 9.53 Å². The lowest BCUT2D eigenvalue weighted by Gasteiger charge is -2.11. The molecule has 0 aliphatic carbocycles. The van der Waals surface area contributed by atoms with E-state index in [0.717, 1.165) is 16.6 Å². The van der Waals surface area contributed by atoms with Gasteiger partial charge < -0.3 is 20.8 Å². The predicted molar refractivity (Wildman–Crippen MR) is 117 cm³/mol. The van der Waals surface area contributed by atoms with Crippen molar-refractivity contribution in [1.82, 2.24) is 15.0 Å². The summed E-state index contributed by atoms with van der Waals surface area (Å²) in [5.41, 5.74) is 8.95. The molecule has 9 heteroatoms. The number of anilines is 2. The molecule has 4 N–H and O–H groups in total. The number of hydrogen-bond donors (Lipinski definition) is 3. The van der Waals surface area contributed by atoms with Crippen LogP contribution >= 0.6 is 23.2 Å². The van der Waals surface area contributed by atoms with Gasteiger partial charge in [0.1, 0.15) is 0 Å². The minimum absolute atomic E-state index is 0.124. The Balaban J connectivity index is 1.78. The van der Waals surface area contributed by atoms with Gasteiger partial charge in [0, 0.05) is 16.6 Å². The standard InChI is InChI=1S/C20H19Cl2N5O2/c1-10-18(11(2)25-20(23)24-10)27-19(28)17(29-3)6-4-5-13-7-12-8-14(21)15(22)9-16(12)26-13/h4-9,26H,1-3H3,(H,27,28)(H2,23,24,25). The van der Waals surface area contributed by atoms with Crippen LogP contribution in [0.3, 0.4) is 0 Å². The van der Waals surface area contributed by atoms with Crippen LogP contribution in [0, 0.1) is 13.8 Å². The number of amides is 1. The maximum atomic E-state index is 12.5. The molecule has 0 aliphatic rings. The number of nitrogens with one attached hydrogen (secondary N) is 2. The highest BCUT2D eigenvalue weighted by Gasteiger charge is 2.14. The minimum Gasteiger partial charge on any atom is -0.491 e. The fraction of sp³-hybridized carbons (Fsp3) is 0.150. The van der Waals surface area contributed by atoms with E-state index in [1.54, 1.807) is 44.2 Å². The SMILES string of the molecule is COC(=CC=Cc1cc2cc(Cl)c(Cl)cc2[nH]1)C(=O)Nc1c(C)nc(N)nc1C. The lowest BCUT2D eigenvalue weighted by Crippen LogP contribution is -2.18. The number of nitrogens with two attached hydrogens (primary N) is 1. The van der Waals surface area contributed by atoms with Crippen molar-refractivity contribution < 1.29 is 9.53 Å². The summed E-state index contributed by atoms with van der Waals surface area (Å²) in [5, 5.41) is 4.66. The summed E-state index contributed by atoms with van der Waals surface area (Å²) in [5.74, 6) is -0.143. The van der Waals surface area contributed by atoms with Crippen molar-refractivity contribution in [1.29, 1.82) is 0 Å². The lowest BCUT2D eigenvalue weighted by molar-refractivity contribution is -0.115. The maximum absolute atomic E-state index is 12.5. The Morgan fingerprint density at radius 2 is 1.83 bits per heavy atom. The Hall–Kier alpha value is -3.03. The molecule has 150 valence electrons. The van der Waals surface area contributed by atoms with Gasteiger partial charge in [-0.1, -0.05) is 29.3 Å². The molecule has 3 aromatic rings. The highest BCUT2D eigenvalue weighted by Crippen LogP contribution is 2.28. The number of aromatic nitrogens is 3. The van der Waals surface area contributed by atoms with Gasteiger partial charge in [-0.2, -0.15) is 0 Å². The number of halogens is 2. The number of aromatic amines is 1. The molecular weight excluding hydrogens is 413 g/mol. The number of rotatable bonds is 5. The third-order valence-electron chi connectivity index (χ3n) is 4.18. The summed E-state index contributed by atoms with van der Waals surface area (Å²) in [4.78, 5) is 23.9. The fourth-order valence-electron chi connectivity index (χ4n) is 2.81. The Labute approximate surface area is 177 Å². The van der Waals surface area contributed by atoms with Gasteiger partial charge in [0.15, 0.2) is 5.76 Å². The average molecular weight is 432 g/mol. The van der Waals surface area contributed by atoms with Crippen LogP contribution in [0.5, 0.6) is 0 Å². The number of benzene rings is 1. The van der Waals surface area contributed by atoms with Crippen molar-refractivity contribution in [3.63, 3.8) is 0 Å². The summed E-state index contributed by atoms with van der Waals surface area (Å²) >= 11 is 12.1. The zero-order chi connectivity index (χ0) is 21.1. The number of nitrogen functional groups attached to an aromatic ring is 1. The van der Waals surface area contributed by atoms with Crippen LogP contribution in [0.1, 0.15) is 17.1 Å². The lowest BCUT2D eigenvalue weighted by atomic mass is 10.2. The van der Waals surface area contributed by atoms with Crippen LogP contribution in [-0.4, -0.2) is 28.0 Å². The zero-order valence-electron chi connectivity index (χ0n) is 16.0. The summed E-state index contributed by atoms with van der Waals surface area (Å²) in [7, 11) is 1.42. The van der Waals surface area contributed by atoms with E-state index in [4.69, 9.17) is 33.7 Å². The number of hydrogen-bond acceptors (Lipinski definition) is 5. The number of H-pyrrole nitrogens is 1. The van der Waals surface area contributed by atoms with E-state index in [0.29, 0.717) is 27.1 Å². The molecular formula is C20H19Cl2N5O2. The van der Waals surface area contributed by atoms with Gasteiger partial charge in [-0.15, -0.1) is 0 Å². The first-order chi connectivity index (χ1) is 13.8. The van der Waals surface area contributed by atoms with Gasteiger partial charge in [0.05, 0.1) is 34.2 Å². The van der Waals surface area contributed by atoms with Crippen molar-refractivity contribution in [3.8, 4) is 0 Å². The molecule has 0 spiro atoms. The summed E-state index contributed by atoms with van der Waals surface area (Å²) < 4.78 is 5.20. The van der Waals surface area contributed by atoms with E-state index in [9.17, 15) is 4.79 Å². The number of allylic oxidation sites excluding steroid dienone is 2. The summed E-state index contributed by atoms with van der Waals surface area (Å²) in [6.45, 7) is 3.48. The molecule has 0 unspecified atom stereocenters. The van der Waals surface area contributed by atoms with Gasteiger partial charge in [-0.3, -0.25) is 4.79 Å². The number of aryl methyl sites for hydroxylation is 2. The molecule has 29 heavy (non-hydrogen) atoms. The van der Waals surface area contributed by atoms with Crippen molar-refractivity contribution in [3.05, 3.63) is 63.2 Å². The van der Waals surface area contributed by atoms with E-state index >= 15 is 0 Å². The molecule has 0 radical (unpaired) electrons. The average Bonchev–Trinajstić information content (AvgIpc) is 3.03. The first-order valence-electron chi connectivity index (χ1n) is 8.60. The minimum atomic E-state index is -0.424. The van der Waals surface area contributed by atoms with Gasteiger partial charge in [0.2, 0.25) is 5.95 Å². The maximum Gasteiger partial charge on any atom is 0.290 e. The van der Waals surface area contributed by atoms with E-state index in [2.05, 4.69) is 20.3 Å². The van der Waals surface area contributed by atoms with Crippen molar-refractivity contribution in [2.75, 3.05) is 18.2 Å². The van der Waals surface area contributed by atoms with Gasteiger partial charge in [-0.05, 0) is 44.2 Å². The monoisotopic (exact) mass is 431 g/mol. The fourth-order valence-corrected chi connectivity index (χ4v) is 3.15. The summed E-state index contributed by atoms with van der Waals surface area (Å²) in [6, 6.07) is 5.48. The van der Waals surface area contributed by atoms with E-state index < -0.39 is 5.91 Å². The molecule has 2 aromatic heterocycles. The molecule has 0 bridgehead atoms. The van der Waals surface area contributed by atoms with Crippen molar-refractivity contribution in [2.45, 2.75) is 13.8 Å². The second kappa shape index (κ2) is 8.55. The second-order valence-electron chi connectivity index (χ2n) is 6.25. The van der Waals surface area contributed by atoms with Crippen LogP contribution < -0.4 is 11.1 Å². The number of nitrogens with zero attached hydrogens (tertiary/aromatic N) is 2. The van der Waals surface area contributed by atoms with Crippen LogP contribution in [0.15, 0.2) is 36.1 Å². The molecule has 0 atom stereocenters. The van der Waals surface area contributed by atoms with Crippen molar-refractivity contribution >= 4 is 57.7 Å². The topological polar surface area (TPSA) is 106 Å². The van der Waals surface area contributed by atoms with Gasteiger partial charge in [-0.25, -0.2) is 9.97 Å².